The van der Waals surface area contributed by atoms with Gasteiger partial charge in [0.15, 0.2) is 0 Å². The summed E-state index contributed by atoms with van der Waals surface area (Å²) in [4.78, 5) is 9.89. The SMILES string of the molecule is CC.CC.c1ccc(-c2cc(C3CCNCC3)nc3c(-c4ccccc4)nccc23)cc1. The summed E-state index contributed by atoms with van der Waals surface area (Å²) in [6, 6.07) is 25.4. The molecule has 0 amide bonds. The van der Waals surface area contributed by atoms with Gasteiger partial charge in [0.2, 0.25) is 0 Å². The quantitative estimate of drug-likeness (QED) is 0.370. The maximum atomic E-state index is 5.17. The minimum absolute atomic E-state index is 0.497. The zero-order valence-corrected chi connectivity index (χ0v) is 19.8. The van der Waals surface area contributed by atoms with Gasteiger partial charge in [0.05, 0.1) is 11.2 Å². The Labute approximate surface area is 193 Å². The lowest BCUT2D eigenvalue weighted by atomic mass is 9.90. The Balaban J connectivity index is 0.000000686. The van der Waals surface area contributed by atoms with Gasteiger partial charge in [0.1, 0.15) is 0 Å². The molecule has 0 atom stereocenters. The Bertz CT molecular complexity index is 1090. The van der Waals surface area contributed by atoms with E-state index >= 15 is 0 Å². The molecule has 2 aromatic carbocycles. The fraction of sp³-hybridized carbons (Fsp3) is 0.310. The normalized spacial score (nSPS) is 13.5. The zero-order chi connectivity index (χ0) is 22.8. The van der Waals surface area contributed by atoms with Gasteiger partial charge in [-0.05, 0) is 49.2 Å². The van der Waals surface area contributed by atoms with E-state index in [0.717, 1.165) is 48.1 Å². The number of piperidine rings is 1. The van der Waals surface area contributed by atoms with Crippen molar-refractivity contribution in [1.29, 1.82) is 0 Å². The molecule has 2 aromatic heterocycles. The van der Waals surface area contributed by atoms with E-state index in [9.17, 15) is 0 Å². The Hall–Kier alpha value is -3.04. The second-order valence-electron chi connectivity index (χ2n) is 7.41. The molecule has 1 fully saturated rings. The molecule has 1 aliphatic rings. The van der Waals surface area contributed by atoms with Crippen molar-refractivity contribution >= 4 is 10.9 Å². The van der Waals surface area contributed by atoms with Gasteiger partial charge in [-0.2, -0.15) is 0 Å². The van der Waals surface area contributed by atoms with Crippen molar-refractivity contribution in [1.82, 2.24) is 15.3 Å². The molecule has 0 aliphatic carbocycles. The summed E-state index contributed by atoms with van der Waals surface area (Å²) in [7, 11) is 0. The molecule has 1 aliphatic heterocycles. The van der Waals surface area contributed by atoms with Crippen molar-refractivity contribution < 1.29 is 0 Å². The van der Waals surface area contributed by atoms with E-state index in [-0.39, 0.29) is 0 Å². The fourth-order valence-electron chi connectivity index (χ4n) is 4.16. The second-order valence-corrected chi connectivity index (χ2v) is 7.41. The van der Waals surface area contributed by atoms with Crippen molar-refractivity contribution in [3.8, 4) is 22.4 Å². The third kappa shape index (κ3) is 5.23. The van der Waals surface area contributed by atoms with E-state index in [4.69, 9.17) is 9.97 Å². The number of fused-ring (bicyclic) bond motifs is 1. The minimum Gasteiger partial charge on any atom is -0.317 e. The molecule has 166 valence electrons. The van der Waals surface area contributed by atoms with Crippen molar-refractivity contribution in [3.05, 3.63) is 84.7 Å². The first-order valence-electron chi connectivity index (χ1n) is 12.0. The van der Waals surface area contributed by atoms with Crippen molar-refractivity contribution in [2.24, 2.45) is 0 Å². The van der Waals surface area contributed by atoms with E-state index in [1.54, 1.807) is 0 Å². The topological polar surface area (TPSA) is 37.8 Å². The summed E-state index contributed by atoms with van der Waals surface area (Å²) in [5.74, 6) is 0.497. The number of aromatic nitrogens is 2. The second kappa shape index (κ2) is 12.1. The first-order chi connectivity index (χ1) is 15.9. The molecule has 0 radical (unpaired) electrons. The van der Waals surface area contributed by atoms with E-state index in [1.807, 2.05) is 40.0 Å². The average Bonchev–Trinajstić information content (AvgIpc) is 2.91. The van der Waals surface area contributed by atoms with Crippen molar-refractivity contribution in [2.45, 2.75) is 46.5 Å². The summed E-state index contributed by atoms with van der Waals surface area (Å²) in [5.41, 5.74) is 6.75. The predicted octanol–water partition coefficient (Wildman–Crippen LogP) is 7.48. The molecule has 0 saturated carbocycles. The standard InChI is InChI=1S/C25H23N3.2C2H6/c1-3-7-18(8-4-1)22-17-23(19-11-14-26-15-12-19)28-25-21(22)13-16-27-24(25)20-9-5-2-6-10-20;2*1-2/h1-10,13,16-17,19,26H,11-12,14-15H2;2*1-2H3. The van der Waals surface area contributed by atoms with Crippen LogP contribution in [0.25, 0.3) is 33.3 Å². The van der Waals surface area contributed by atoms with Crippen LogP contribution in [0, 0.1) is 0 Å². The highest BCUT2D eigenvalue weighted by Crippen LogP contribution is 2.36. The van der Waals surface area contributed by atoms with Crippen LogP contribution in [0.3, 0.4) is 0 Å². The Morgan fingerprint density at radius 3 is 1.97 bits per heavy atom. The predicted molar refractivity (Wildman–Crippen MR) is 138 cm³/mol. The van der Waals surface area contributed by atoms with Crippen LogP contribution < -0.4 is 5.32 Å². The molecule has 3 heterocycles. The number of nitrogens with one attached hydrogen (secondary N) is 1. The molecule has 0 spiro atoms. The van der Waals surface area contributed by atoms with Crippen LogP contribution in [0.15, 0.2) is 79.0 Å². The lowest BCUT2D eigenvalue weighted by Crippen LogP contribution is -2.27. The molecular formula is C29H35N3. The van der Waals surface area contributed by atoms with Crippen LogP contribution in [0.4, 0.5) is 0 Å². The molecule has 5 rings (SSSR count). The Morgan fingerprint density at radius 2 is 1.34 bits per heavy atom. The third-order valence-corrected chi connectivity index (χ3v) is 5.64. The Morgan fingerprint density at radius 1 is 0.750 bits per heavy atom. The van der Waals surface area contributed by atoms with Gasteiger partial charge >= 0.3 is 0 Å². The number of nitrogens with zero attached hydrogens (tertiary/aromatic N) is 2. The van der Waals surface area contributed by atoms with Crippen LogP contribution in [0.2, 0.25) is 0 Å². The molecule has 1 saturated heterocycles. The summed E-state index contributed by atoms with van der Waals surface area (Å²) in [5, 5.41) is 4.63. The largest absolute Gasteiger partial charge is 0.317 e. The van der Waals surface area contributed by atoms with E-state index < -0.39 is 0 Å². The van der Waals surface area contributed by atoms with E-state index in [2.05, 4.69) is 72.0 Å². The highest BCUT2D eigenvalue weighted by molar-refractivity contribution is 6.00. The number of benzene rings is 2. The summed E-state index contributed by atoms with van der Waals surface area (Å²) >= 11 is 0. The molecular weight excluding hydrogens is 390 g/mol. The van der Waals surface area contributed by atoms with Gasteiger partial charge in [-0.15, -0.1) is 0 Å². The minimum atomic E-state index is 0.497. The molecule has 1 N–H and O–H groups in total. The lowest BCUT2D eigenvalue weighted by Gasteiger charge is -2.23. The number of hydrogen-bond donors (Lipinski definition) is 1. The summed E-state index contributed by atoms with van der Waals surface area (Å²) < 4.78 is 0. The van der Waals surface area contributed by atoms with Crippen molar-refractivity contribution in [3.63, 3.8) is 0 Å². The summed E-state index contributed by atoms with van der Waals surface area (Å²) in [6.07, 6.45) is 4.17. The molecule has 3 heteroatoms. The zero-order valence-electron chi connectivity index (χ0n) is 19.8. The van der Waals surface area contributed by atoms with Gasteiger partial charge in [-0.25, -0.2) is 0 Å². The van der Waals surface area contributed by atoms with E-state index in [0.29, 0.717) is 5.92 Å². The monoisotopic (exact) mass is 425 g/mol. The van der Waals surface area contributed by atoms with Gasteiger partial charge in [-0.3, -0.25) is 9.97 Å². The average molecular weight is 426 g/mol. The molecule has 0 unspecified atom stereocenters. The van der Waals surface area contributed by atoms with Crippen LogP contribution in [-0.4, -0.2) is 23.1 Å². The lowest BCUT2D eigenvalue weighted by molar-refractivity contribution is 0.454. The molecule has 3 nitrogen and oxygen atoms in total. The molecule has 0 bridgehead atoms. The van der Waals surface area contributed by atoms with Crippen LogP contribution in [0.5, 0.6) is 0 Å². The molecule has 32 heavy (non-hydrogen) atoms. The maximum absolute atomic E-state index is 5.17. The van der Waals surface area contributed by atoms with Crippen molar-refractivity contribution in [2.75, 3.05) is 13.1 Å². The number of hydrogen-bond acceptors (Lipinski definition) is 3. The van der Waals surface area contributed by atoms with Gasteiger partial charge in [0.25, 0.3) is 0 Å². The summed E-state index contributed by atoms with van der Waals surface area (Å²) in [6.45, 7) is 10.1. The van der Waals surface area contributed by atoms with Gasteiger partial charge in [-0.1, -0.05) is 88.4 Å². The van der Waals surface area contributed by atoms with Crippen LogP contribution in [0.1, 0.15) is 52.1 Å². The van der Waals surface area contributed by atoms with Crippen LogP contribution >= 0.6 is 0 Å². The smallest absolute Gasteiger partial charge is 0.0974 e. The fourth-order valence-corrected chi connectivity index (χ4v) is 4.16. The Kier molecular flexibility index (Phi) is 8.94. The first-order valence-corrected chi connectivity index (χ1v) is 12.0. The maximum Gasteiger partial charge on any atom is 0.0974 e. The van der Waals surface area contributed by atoms with Crippen LogP contribution in [-0.2, 0) is 0 Å². The first kappa shape index (κ1) is 23.6. The number of pyridine rings is 2. The third-order valence-electron chi connectivity index (χ3n) is 5.64. The molecule has 4 aromatic rings. The van der Waals surface area contributed by atoms with E-state index in [1.165, 1.54) is 16.8 Å². The van der Waals surface area contributed by atoms with Gasteiger partial charge < -0.3 is 5.32 Å². The highest BCUT2D eigenvalue weighted by atomic mass is 14.9. The highest BCUT2D eigenvalue weighted by Gasteiger charge is 2.20. The number of rotatable bonds is 3. The van der Waals surface area contributed by atoms with Gasteiger partial charge in [0, 0.05) is 28.8 Å².